The number of nitrogens with zero attached hydrogens (tertiary/aromatic N) is 4. The van der Waals surface area contributed by atoms with Crippen LogP contribution >= 0.6 is 11.3 Å². The Morgan fingerprint density at radius 2 is 1.98 bits per heavy atom. The van der Waals surface area contributed by atoms with Crippen LogP contribution in [0, 0.1) is 23.5 Å². The maximum atomic E-state index is 14.3. The number of ether oxygens (including phenoxy) is 1. The molecule has 40 heavy (non-hydrogen) atoms. The highest BCUT2D eigenvalue weighted by Crippen LogP contribution is 2.58. The van der Waals surface area contributed by atoms with Gasteiger partial charge in [-0.3, -0.25) is 19.3 Å². The predicted molar refractivity (Wildman–Crippen MR) is 145 cm³/mol. The number of carbonyl (C=O) groups excluding carboxylic acids is 1. The number of nitrogens with one attached hydrogen (secondary N) is 1. The molecule has 0 bridgehead atoms. The third-order valence-electron chi connectivity index (χ3n) is 8.30. The van der Waals surface area contributed by atoms with E-state index < -0.39 is 22.7 Å². The summed E-state index contributed by atoms with van der Waals surface area (Å²) in [4.78, 5) is 27.4. The quantitative estimate of drug-likeness (QED) is 0.379. The van der Waals surface area contributed by atoms with Gasteiger partial charge >= 0.3 is 0 Å². The number of pyridine rings is 1. The molecule has 1 amide bonds. The second-order valence-corrected chi connectivity index (χ2v) is 11.7. The van der Waals surface area contributed by atoms with Gasteiger partial charge in [-0.25, -0.2) is 8.78 Å². The van der Waals surface area contributed by atoms with E-state index in [-0.39, 0.29) is 41.5 Å². The van der Waals surface area contributed by atoms with Crippen molar-refractivity contribution in [1.82, 2.24) is 20.2 Å². The van der Waals surface area contributed by atoms with Gasteiger partial charge < -0.3 is 10.1 Å². The van der Waals surface area contributed by atoms with Crippen LogP contribution in [0.25, 0.3) is 10.6 Å². The Kier molecular flexibility index (Phi) is 5.74. The molecule has 2 aromatic heterocycles. The minimum Gasteiger partial charge on any atom is -0.482 e. The minimum atomic E-state index is -0.671. The average Bonchev–Trinajstić information content (AvgIpc) is 3.46. The first-order valence-electron chi connectivity index (χ1n) is 13.1. The van der Waals surface area contributed by atoms with Crippen LogP contribution in [0.3, 0.4) is 0 Å². The SMILES string of the molecule is CN1n2cc(-c3nnc(Cc4ccc(F)cc4F)s3)c(=O)c(OCc3ccccc3)c2C(=O)NC12CCC1CC12. The fourth-order valence-corrected chi connectivity index (χ4v) is 7.00. The van der Waals surface area contributed by atoms with Crippen LogP contribution in [0.4, 0.5) is 8.78 Å². The van der Waals surface area contributed by atoms with E-state index >= 15 is 0 Å². The number of fused-ring (bicyclic) bond motifs is 3. The Bertz CT molecular complexity index is 1710. The molecular weight excluding hydrogens is 536 g/mol. The van der Waals surface area contributed by atoms with Gasteiger partial charge in [0.1, 0.15) is 28.9 Å². The molecule has 3 atom stereocenters. The van der Waals surface area contributed by atoms with E-state index in [2.05, 4.69) is 15.5 Å². The largest absolute Gasteiger partial charge is 0.482 e. The number of benzene rings is 2. The van der Waals surface area contributed by atoms with Gasteiger partial charge in [0.2, 0.25) is 5.43 Å². The smallest absolute Gasteiger partial charge is 0.275 e. The molecule has 3 unspecified atom stereocenters. The summed E-state index contributed by atoms with van der Waals surface area (Å²) in [6.45, 7) is 0.102. The van der Waals surface area contributed by atoms with Crippen molar-refractivity contribution in [2.45, 2.75) is 38.0 Å². The summed E-state index contributed by atoms with van der Waals surface area (Å²) in [5.74, 6) is -0.793. The number of amides is 1. The van der Waals surface area contributed by atoms with Gasteiger partial charge in [-0.05, 0) is 42.4 Å². The Morgan fingerprint density at radius 3 is 2.70 bits per heavy atom. The highest BCUT2D eigenvalue weighted by molar-refractivity contribution is 7.14. The molecule has 4 aromatic rings. The number of halogens is 2. The molecule has 11 heteroatoms. The summed E-state index contributed by atoms with van der Waals surface area (Å²) in [5.41, 5.74) is 0.495. The van der Waals surface area contributed by atoms with E-state index in [4.69, 9.17) is 4.74 Å². The van der Waals surface area contributed by atoms with Gasteiger partial charge in [-0.1, -0.05) is 47.7 Å². The number of carbonyl (C=O) groups is 1. The molecule has 2 fully saturated rings. The lowest BCUT2D eigenvalue weighted by Crippen LogP contribution is -2.68. The van der Waals surface area contributed by atoms with Crippen molar-refractivity contribution in [1.29, 1.82) is 0 Å². The monoisotopic (exact) mass is 561 g/mol. The molecule has 2 aliphatic carbocycles. The van der Waals surface area contributed by atoms with Gasteiger partial charge in [0, 0.05) is 31.6 Å². The lowest BCUT2D eigenvalue weighted by molar-refractivity contribution is 0.0801. The van der Waals surface area contributed by atoms with Crippen LogP contribution < -0.4 is 20.5 Å². The molecule has 8 nitrogen and oxygen atoms in total. The molecule has 2 saturated carbocycles. The molecule has 1 spiro atoms. The zero-order chi connectivity index (χ0) is 27.6. The van der Waals surface area contributed by atoms with Gasteiger partial charge in [-0.2, -0.15) is 0 Å². The maximum absolute atomic E-state index is 14.3. The van der Waals surface area contributed by atoms with Crippen molar-refractivity contribution in [3.63, 3.8) is 0 Å². The molecule has 2 aromatic carbocycles. The zero-order valence-electron chi connectivity index (χ0n) is 21.6. The fourth-order valence-electron chi connectivity index (χ4n) is 6.13. The van der Waals surface area contributed by atoms with Gasteiger partial charge in [-0.15, -0.1) is 10.2 Å². The second kappa shape index (κ2) is 9.22. The lowest BCUT2D eigenvalue weighted by atomic mass is 10.0. The van der Waals surface area contributed by atoms with Crippen molar-refractivity contribution >= 4 is 17.2 Å². The summed E-state index contributed by atoms with van der Waals surface area (Å²) >= 11 is 1.15. The first kappa shape index (κ1) is 24.9. The second-order valence-electron chi connectivity index (χ2n) is 10.6. The molecular formula is C29H25F2N5O3S. The molecule has 204 valence electrons. The standard InChI is InChI=1S/C29H25F2N5O3S/c1-35-29(10-9-17-11-21(17)29)32-27(38)24-26(39-15-16-5-3-2-4-6-16)25(37)20(14-36(24)35)28-34-33-23(40-28)12-18-7-8-19(30)13-22(18)31/h2-8,13-14,17,21H,9-12,15H2,1H3,(H,32,38). The number of hydrogen-bond acceptors (Lipinski definition) is 7. The highest BCUT2D eigenvalue weighted by Gasteiger charge is 2.62. The molecule has 7 rings (SSSR count). The van der Waals surface area contributed by atoms with Crippen LogP contribution in [0.2, 0.25) is 0 Å². The Balaban J connectivity index is 1.31. The number of hydrogen-bond donors (Lipinski definition) is 1. The third kappa shape index (κ3) is 3.98. The first-order valence-corrected chi connectivity index (χ1v) is 14.0. The summed E-state index contributed by atoms with van der Waals surface area (Å²) in [6, 6.07) is 12.8. The fraction of sp³-hybridized carbons (Fsp3) is 0.310. The van der Waals surface area contributed by atoms with E-state index in [0.717, 1.165) is 42.2 Å². The minimum absolute atomic E-state index is 0.0628. The van der Waals surface area contributed by atoms with E-state index in [0.29, 0.717) is 21.9 Å². The number of rotatable bonds is 6. The van der Waals surface area contributed by atoms with E-state index in [9.17, 15) is 18.4 Å². The lowest BCUT2D eigenvalue weighted by Gasteiger charge is -2.47. The van der Waals surface area contributed by atoms with E-state index in [1.54, 1.807) is 10.9 Å². The molecule has 1 N–H and O–H groups in total. The van der Waals surface area contributed by atoms with Crippen LogP contribution in [0.15, 0.2) is 59.5 Å². The summed E-state index contributed by atoms with van der Waals surface area (Å²) in [5, 5.41) is 14.4. The van der Waals surface area contributed by atoms with Crippen molar-refractivity contribution in [3.8, 4) is 16.3 Å². The summed E-state index contributed by atoms with van der Waals surface area (Å²) < 4.78 is 35.4. The number of aromatic nitrogens is 3. The van der Waals surface area contributed by atoms with E-state index in [1.807, 2.05) is 42.4 Å². The highest BCUT2D eigenvalue weighted by atomic mass is 32.1. The first-order chi connectivity index (χ1) is 19.3. The summed E-state index contributed by atoms with van der Waals surface area (Å²) in [7, 11) is 1.92. The predicted octanol–water partition coefficient (Wildman–Crippen LogP) is 4.25. The normalized spacial score (nSPS) is 22.7. The Hall–Kier alpha value is -4.12. The van der Waals surface area contributed by atoms with Crippen LogP contribution in [-0.4, -0.2) is 33.5 Å². The summed E-state index contributed by atoms with van der Waals surface area (Å²) in [6.07, 6.45) is 4.64. The van der Waals surface area contributed by atoms with Crippen LogP contribution in [0.1, 0.15) is 45.9 Å². The van der Waals surface area contributed by atoms with Gasteiger partial charge in [0.15, 0.2) is 16.5 Å². The van der Waals surface area contributed by atoms with Crippen molar-refractivity contribution in [3.05, 3.63) is 98.4 Å². The Labute approximate surface area is 232 Å². The molecule has 0 radical (unpaired) electrons. The molecule has 1 aliphatic heterocycles. The van der Waals surface area contributed by atoms with Crippen LogP contribution in [-0.2, 0) is 13.0 Å². The van der Waals surface area contributed by atoms with Crippen molar-refractivity contribution in [2.75, 3.05) is 12.1 Å². The third-order valence-corrected chi connectivity index (χ3v) is 9.26. The maximum Gasteiger partial charge on any atom is 0.275 e. The van der Waals surface area contributed by atoms with Crippen LogP contribution in [0.5, 0.6) is 5.75 Å². The topological polar surface area (TPSA) is 89.3 Å². The average molecular weight is 562 g/mol. The zero-order valence-corrected chi connectivity index (χ0v) is 22.4. The molecule has 3 aliphatic rings. The van der Waals surface area contributed by atoms with Crippen molar-refractivity contribution in [2.24, 2.45) is 11.8 Å². The molecule has 0 saturated heterocycles. The van der Waals surface area contributed by atoms with Gasteiger partial charge in [0.25, 0.3) is 5.91 Å². The van der Waals surface area contributed by atoms with Crippen molar-refractivity contribution < 1.29 is 18.3 Å². The van der Waals surface area contributed by atoms with Gasteiger partial charge in [0.05, 0.1) is 5.56 Å². The van der Waals surface area contributed by atoms with E-state index in [1.165, 1.54) is 12.1 Å². The Morgan fingerprint density at radius 1 is 1.15 bits per heavy atom. The molecule has 3 heterocycles.